The van der Waals surface area contributed by atoms with E-state index < -0.39 is 0 Å². The molecule has 2 heteroatoms. The molecule has 2 rings (SSSR count). The van der Waals surface area contributed by atoms with Gasteiger partial charge in [-0.3, -0.25) is 0 Å². The second-order valence-corrected chi connectivity index (χ2v) is 5.92. The van der Waals surface area contributed by atoms with Crippen molar-refractivity contribution < 1.29 is 9.84 Å². The number of phenolic OH excluding ortho intramolecular Hbond substituents is 1. The lowest BCUT2D eigenvalue weighted by atomic mass is 9.78. The summed E-state index contributed by atoms with van der Waals surface area (Å²) in [5.41, 5.74) is 1.18. The van der Waals surface area contributed by atoms with Gasteiger partial charge in [0.05, 0.1) is 11.7 Å². The van der Waals surface area contributed by atoms with Gasteiger partial charge in [-0.25, -0.2) is 0 Å². The van der Waals surface area contributed by atoms with Crippen LogP contribution in [0, 0.1) is 0 Å². The molecule has 1 aliphatic heterocycles. The molecule has 0 saturated carbocycles. The number of phenols is 1. The fourth-order valence-electron chi connectivity index (χ4n) is 2.38. The highest BCUT2D eigenvalue weighted by atomic mass is 16.6. The largest absolute Gasteiger partial charge is 0.508 e. The standard InChI is InChI=1S/C16H22O2/c1-5-16(4,11-10-14-15(2,3)18-14)12-6-8-13(17)9-7-12/h5-9,14,17H,1,10-11H2,2-4H3. The van der Waals surface area contributed by atoms with Gasteiger partial charge in [-0.2, -0.15) is 0 Å². The highest BCUT2D eigenvalue weighted by Crippen LogP contribution is 2.41. The zero-order chi connectivity index (χ0) is 13.4. The molecule has 1 aromatic rings. The van der Waals surface area contributed by atoms with Crippen LogP contribution in [-0.2, 0) is 10.2 Å². The highest BCUT2D eigenvalue weighted by molar-refractivity contribution is 5.34. The molecule has 1 aliphatic rings. The smallest absolute Gasteiger partial charge is 0.115 e. The Morgan fingerprint density at radius 2 is 1.94 bits per heavy atom. The molecule has 0 spiro atoms. The van der Waals surface area contributed by atoms with Gasteiger partial charge >= 0.3 is 0 Å². The van der Waals surface area contributed by atoms with E-state index in [-0.39, 0.29) is 11.0 Å². The van der Waals surface area contributed by atoms with Crippen molar-refractivity contribution in [3.05, 3.63) is 42.5 Å². The van der Waals surface area contributed by atoms with Crippen LogP contribution in [0.2, 0.25) is 0 Å². The summed E-state index contributed by atoms with van der Waals surface area (Å²) in [5.74, 6) is 0.303. The number of aromatic hydroxyl groups is 1. The molecule has 2 atom stereocenters. The van der Waals surface area contributed by atoms with Crippen molar-refractivity contribution in [2.75, 3.05) is 0 Å². The molecule has 2 nitrogen and oxygen atoms in total. The van der Waals surface area contributed by atoms with Crippen LogP contribution in [0.3, 0.4) is 0 Å². The van der Waals surface area contributed by atoms with E-state index >= 15 is 0 Å². The van der Waals surface area contributed by atoms with Crippen molar-refractivity contribution in [2.24, 2.45) is 0 Å². The summed E-state index contributed by atoms with van der Waals surface area (Å²) in [7, 11) is 0. The van der Waals surface area contributed by atoms with Gasteiger partial charge in [0.15, 0.2) is 0 Å². The van der Waals surface area contributed by atoms with Crippen molar-refractivity contribution in [1.29, 1.82) is 0 Å². The number of hydrogen-bond acceptors (Lipinski definition) is 2. The van der Waals surface area contributed by atoms with Crippen molar-refractivity contribution in [3.63, 3.8) is 0 Å². The Labute approximate surface area is 109 Å². The fraction of sp³-hybridized carbons (Fsp3) is 0.500. The lowest BCUT2D eigenvalue weighted by Gasteiger charge is -2.26. The number of allylic oxidation sites excluding steroid dienone is 1. The molecule has 1 fully saturated rings. The minimum atomic E-state index is -0.0598. The van der Waals surface area contributed by atoms with E-state index in [2.05, 4.69) is 27.4 Å². The molecule has 1 aromatic carbocycles. The highest BCUT2D eigenvalue weighted by Gasteiger charge is 2.47. The molecule has 0 aliphatic carbocycles. The first-order valence-electron chi connectivity index (χ1n) is 6.48. The zero-order valence-electron chi connectivity index (χ0n) is 11.4. The van der Waals surface area contributed by atoms with Crippen LogP contribution in [0.25, 0.3) is 0 Å². The van der Waals surface area contributed by atoms with Crippen molar-refractivity contribution in [1.82, 2.24) is 0 Å². The van der Waals surface area contributed by atoms with Crippen molar-refractivity contribution in [2.45, 2.75) is 50.7 Å². The molecule has 98 valence electrons. The number of hydrogen-bond donors (Lipinski definition) is 1. The van der Waals surface area contributed by atoms with Gasteiger partial charge in [0.1, 0.15) is 5.75 Å². The minimum Gasteiger partial charge on any atom is -0.508 e. The third-order valence-electron chi connectivity index (χ3n) is 4.07. The van der Waals surface area contributed by atoms with Gasteiger partial charge in [0, 0.05) is 5.41 Å². The minimum absolute atomic E-state index is 0.0526. The number of benzene rings is 1. The van der Waals surface area contributed by atoms with Crippen LogP contribution in [0.4, 0.5) is 0 Å². The summed E-state index contributed by atoms with van der Waals surface area (Å²) >= 11 is 0. The maximum Gasteiger partial charge on any atom is 0.115 e. The van der Waals surface area contributed by atoms with Gasteiger partial charge in [0.25, 0.3) is 0 Å². The third-order valence-corrected chi connectivity index (χ3v) is 4.07. The Morgan fingerprint density at radius 1 is 1.39 bits per heavy atom. The first-order chi connectivity index (χ1) is 8.37. The number of ether oxygens (including phenoxy) is 1. The van der Waals surface area contributed by atoms with Crippen LogP contribution in [0.5, 0.6) is 5.75 Å². The van der Waals surface area contributed by atoms with Gasteiger partial charge < -0.3 is 9.84 Å². The fourth-order valence-corrected chi connectivity index (χ4v) is 2.38. The van der Waals surface area contributed by atoms with Crippen molar-refractivity contribution >= 4 is 0 Å². The molecule has 2 unspecified atom stereocenters. The first kappa shape index (κ1) is 13.2. The van der Waals surface area contributed by atoms with Gasteiger partial charge in [-0.15, -0.1) is 6.58 Å². The molecule has 0 bridgehead atoms. The quantitative estimate of drug-likeness (QED) is 0.633. The number of epoxide rings is 1. The summed E-state index contributed by atoms with van der Waals surface area (Å²) in [4.78, 5) is 0. The molecule has 1 saturated heterocycles. The average molecular weight is 246 g/mol. The Balaban J connectivity index is 2.05. The summed E-state index contributed by atoms with van der Waals surface area (Å²) in [6, 6.07) is 7.40. The Bertz CT molecular complexity index is 433. The summed E-state index contributed by atoms with van der Waals surface area (Å²) < 4.78 is 5.62. The molecular weight excluding hydrogens is 224 g/mol. The molecule has 0 amide bonds. The van der Waals surface area contributed by atoms with Crippen LogP contribution >= 0.6 is 0 Å². The van der Waals surface area contributed by atoms with E-state index in [1.807, 2.05) is 18.2 Å². The summed E-state index contributed by atoms with van der Waals surface area (Å²) in [6.45, 7) is 10.4. The topological polar surface area (TPSA) is 32.8 Å². The second-order valence-electron chi connectivity index (χ2n) is 5.92. The Morgan fingerprint density at radius 3 is 2.39 bits per heavy atom. The van der Waals surface area contributed by atoms with E-state index in [0.717, 1.165) is 12.8 Å². The average Bonchev–Trinajstić information content (AvgIpc) is 2.95. The van der Waals surface area contributed by atoms with Crippen LogP contribution in [-0.4, -0.2) is 16.8 Å². The van der Waals surface area contributed by atoms with Gasteiger partial charge in [-0.1, -0.05) is 25.1 Å². The SMILES string of the molecule is C=CC(C)(CCC1OC1(C)C)c1ccc(O)cc1. The van der Waals surface area contributed by atoms with Gasteiger partial charge in [0.2, 0.25) is 0 Å². The van der Waals surface area contributed by atoms with Gasteiger partial charge in [-0.05, 0) is 44.4 Å². The van der Waals surface area contributed by atoms with E-state index in [4.69, 9.17) is 4.74 Å². The molecule has 0 radical (unpaired) electrons. The normalized spacial score (nSPS) is 24.3. The maximum absolute atomic E-state index is 9.35. The molecule has 1 N–H and O–H groups in total. The monoisotopic (exact) mass is 246 g/mol. The Kier molecular flexibility index (Phi) is 3.24. The zero-order valence-corrected chi connectivity index (χ0v) is 11.4. The predicted molar refractivity (Wildman–Crippen MR) is 73.8 cm³/mol. The summed E-state index contributed by atoms with van der Waals surface area (Å²) in [6.07, 6.45) is 4.41. The molecular formula is C16H22O2. The predicted octanol–water partition coefficient (Wildman–Crippen LogP) is 3.79. The molecule has 18 heavy (non-hydrogen) atoms. The van der Waals surface area contributed by atoms with Crippen molar-refractivity contribution in [3.8, 4) is 5.75 Å². The maximum atomic E-state index is 9.35. The molecule has 1 heterocycles. The van der Waals surface area contributed by atoms with E-state index in [1.165, 1.54) is 5.56 Å². The summed E-state index contributed by atoms with van der Waals surface area (Å²) in [5, 5.41) is 9.35. The second kappa shape index (κ2) is 4.43. The molecule has 0 aromatic heterocycles. The lowest BCUT2D eigenvalue weighted by molar-refractivity contribution is 0.314. The van der Waals surface area contributed by atoms with Crippen LogP contribution < -0.4 is 0 Å². The number of rotatable bonds is 5. The van der Waals surface area contributed by atoms with E-state index in [0.29, 0.717) is 11.9 Å². The van der Waals surface area contributed by atoms with E-state index in [9.17, 15) is 5.11 Å². The van der Waals surface area contributed by atoms with Crippen LogP contribution in [0.1, 0.15) is 39.2 Å². The Hall–Kier alpha value is -1.28. The van der Waals surface area contributed by atoms with E-state index in [1.54, 1.807) is 12.1 Å². The lowest BCUT2D eigenvalue weighted by Crippen LogP contribution is -2.20. The van der Waals surface area contributed by atoms with Crippen LogP contribution in [0.15, 0.2) is 36.9 Å². The first-order valence-corrected chi connectivity index (χ1v) is 6.48. The third kappa shape index (κ3) is 2.59.